The minimum Gasteiger partial charge on any atom is -0.478 e. The molecule has 0 aliphatic carbocycles. The average molecular weight is 446 g/mol. The molecule has 2 aromatic carbocycles. The highest BCUT2D eigenvalue weighted by atomic mass is 127. The lowest BCUT2D eigenvalue weighted by Crippen LogP contribution is -1.96. The molecule has 1 heterocycles. The van der Waals surface area contributed by atoms with Crippen LogP contribution in [0.15, 0.2) is 64.1 Å². The Bertz CT molecular complexity index is 930. The first-order chi connectivity index (χ1) is 12.0. The van der Waals surface area contributed by atoms with E-state index in [2.05, 4.69) is 33.1 Å². The molecule has 1 aromatic heterocycles. The van der Waals surface area contributed by atoms with Gasteiger partial charge in [0.25, 0.3) is 0 Å². The number of aryl methyl sites for hydroxylation is 1. The van der Waals surface area contributed by atoms with E-state index in [0.29, 0.717) is 11.5 Å². The van der Waals surface area contributed by atoms with Crippen LogP contribution in [0.3, 0.4) is 0 Å². The van der Waals surface area contributed by atoms with E-state index >= 15 is 0 Å². The second kappa shape index (κ2) is 7.52. The Kier molecular flexibility index (Phi) is 5.18. The van der Waals surface area contributed by atoms with Crippen molar-refractivity contribution in [2.75, 3.05) is 5.43 Å². The Hall–Kier alpha value is -2.61. The van der Waals surface area contributed by atoms with Gasteiger partial charge in [0.15, 0.2) is 0 Å². The Morgan fingerprint density at radius 3 is 2.64 bits per heavy atom. The fraction of sp³-hybridized carbons (Fsp3) is 0.0526. The molecule has 0 fully saturated rings. The van der Waals surface area contributed by atoms with Crippen molar-refractivity contribution in [3.8, 4) is 11.3 Å². The van der Waals surface area contributed by atoms with Gasteiger partial charge in [0.1, 0.15) is 11.5 Å². The number of aromatic carboxylic acids is 1. The number of hydrogen-bond acceptors (Lipinski definition) is 4. The van der Waals surface area contributed by atoms with Crippen molar-refractivity contribution >= 4 is 40.5 Å². The number of carbonyl (C=O) groups is 1. The van der Waals surface area contributed by atoms with Gasteiger partial charge in [-0.15, -0.1) is 0 Å². The van der Waals surface area contributed by atoms with Gasteiger partial charge >= 0.3 is 5.97 Å². The maximum atomic E-state index is 11.1. The van der Waals surface area contributed by atoms with Crippen LogP contribution in [0.4, 0.5) is 5.69 Å². The first kappa shape index (κ1) is 17.2. The molecule has 0 saturated carbocycles. The van der Waals surface area contributed by atoms with Gasteiger partial charge in [-0.25, -0.2) is 4.79 Å². The number of carboxylic acids is 1. The highest BCUT2D eigenvalue weighted by Gasteiger charge is 2.11. The van der Waals surface area contributed by atoms with Crippen LogP contribution in [0, 0.1) is 10.5 Å². The van der Waals surface area contributed by atoms with E-state index in [4.69, 9.17) is 9.52 Å². The number of nitrogens with one attached hydrogen (secondary N) is 1. The maximum Gasteiger partial charge on any atom is 0.335 e. The molecule has 0 saturated heterocycles. The highest BCUT2D eigenvalue weighted by Crippen LogP contribution is 2.26. The van der Waals surface area contributed by atoms with Crippen LogP contribution in [-0.2, 0) is 0 Å². The Morgan fingerprint density at radius 1 is 1.16 bits per heavy atom. The van der Waals surface area contributed by atoms with E-state index in [1.165, 1.54) is 0 Å². The molecule has 126 valence electrons. The molecule has 5 nitrogen and oxygen atoms in total. The van der Waals surface area contributed by atoms with Gasteiger partial charge in [-0.1, -0.05) is 6.07 Å². The number of hydrogen-bond donors (Lipinski definition) is 2. The van der Waals surface area contributed by atoms with Crippen LogP contribution >= 0.6 is 22.6 Å². The zero-order valence-electron chi connectivity index (χ0n) is 13.4. The molecule has 0 bridgehead atoms. The number of hydrazone groups is 1. The van der Waals surface area contributed by atoms with Gasteiger partial charge in [0.05, 0.1) is 17.5 Å². The summed E-state index contributed by atoms with van der Waals surface area (Å²) < 4.78 is 6.91. The first-order valence-corrected chi connectivity index (χ1v) is 8.59. The standard InChI is InChI=1S/C19H15IN2O3/c1-12-2-3-13(19(23)24)10-17(12)18-9-8-16(25-18)11-21-22-15-6-4-14(20)5-7-15/h2-11,22H,1H3,(H,23,24)/b21-11+. The average Bonchev–Trinajstić information content (AvgIpc) is 3.05. The summed E-state index contributed by atoms with van der Waals surface area (Å²) in [5, 5.41) is 13.3. The molecule has 3 aromatic rings. The van der Waals surface area contributed by atoms with E-state index in [0.717, 1.165) is 20.4 Å². The molecule has 6 heteroatoms. The van der Waals surface area contributed by atoms with E-state index < -0.39 is 5.97 Å². The molecule has 2 N–H and O–H groups in total. The lowest BCUT2D eigenvalue weighted by molar-refractivity contribution is 0.0697. The zero-order valence-corrected chi connectivity index (χ0v) is 15.5. The topological polar surface area (TPSA) is 74.8 Å². The van der Waals surface area contributed by atoms with E-state index in [9.17, 15) is 4.79 Å². The second-order valence-electron chi connectivity index (χ2n) is 5.41. The number of halogens is 1. The summed E-state index contributed by atoms with van der Waals surface area (Å²) in [6.45, 7) is 1.91. The number of benzene rings is 2. The lowest BCUT2D eigenvalue weighted by Gasteiger charge is -2.04. The van der Waals surface area contributed by atoms with E-state index in [1.807, 2.05) is 31.2 Å². The molecule has 25 heavy (non-hydrogen) atoms. The molecule has 0 amide bonds. The van der Waals surface area contributed by atoms with Crippen LogP contribution in [0.25, 0.3) is 11.3 Å². The number of furan rings is 1. The van der Waals surface area contributed by atoms with Crippen molar-refractivity contribution in [3.63, 3.8) is 0 Å². The number of carboxylic acid groups (broad SMARTS) is 1. The van der Waals surface area contributed by atoms with Gasteiger partial charge < -0.3 is 9.52 Å². The highest BCUT2D eigenvalue weighted by molar-refractivity contribution is 14.1. The van der Waals surface area contributed by atoms with Crippen molar-refractivity contribution < 1.29 is 14.3 Å². The summed E-state index contributed by atoms with van der Waals surface area (Å²) in [4.78, 5) is 11.1. The summed E-state index contributed by atoms with van der Waals surface area (Å²) in [5.41, 5.74) is 5.74. The molecule has 0 radical (unpaired) electrons. The molecule has 3 rings (SSSR count). The van der Waals surface area contributed by atoms with Crippen LogP contribution in [0.5, 0.6) is 0 Å². The molecular formula is C19H15IN2O3. The van der Waals surface area contributed by atoms with Crippen molar-refractivity contribution in [2.24, 2.45) is 5.10 Å². The van der Waals surface area contributed by atoms with Crippen molar-refractivity contribution in [2.45, 2.75) is 6.92 Å². The normalized spacial score (nSPS) is 11.0. The second-order valence-corrected chi connectivity index (χ2v) is 6.66. The quantitative estimate of drug-likeness (QED) is 0.329. The van der Waals surface area contributed by atoms with E-state index in [1.54, 1.807) is 36.5 Å². The largest absolute Gasteiger partial charge is 0.478 e. The fourth-order valence-electron chi connectivity index (χ4n) is 2.28. The zero-order chi connectivity index (χ0) is 17.8. The van der Waals surface area contributed by atoms with Gasteiger partial charge in [-0.05, 0) is 83.6 Å². The minimum absolute atomic E-state index is 0.229. The molecule has 0 spiro atoms. The molecular weight excluding hydrogens is 431 g/mol. The fourth-order valence-corrected chi connectivity index (χ4v) is 2.64. The molecule has 0 atom stereocenters. The Balaban J connectivity index is 1.76. The van der Waals surface area contributed by atoms with E-state index in [-0.39, 0.29) is 5.56 Å². The first-order valence-electron chi connectivity index (χ1n) is 7.52. The van der Waals surface area contributed by atoms with Crippen LogP contribution in [0.2, 0.25) is 0 Å². The molecule has 0 aliphatic rings. The third kappa shape index (κ3) is 4.27. The number of nitrogens with zero attached hydrogens (tertiary/aromatic N) is 1. The van der Waals surface area contributed by atoms with Gasteiger partial charge in [0.2, 0.25) is 0 Å². The maximum absolute atomic E-state index is 11.1. The Morgan fingerprint density at radius 2 is 1.92 bits per heavy atom. The van der Waals surface area contributed by atoms with Gasteiger partial charge in [0, 0.05) is 9.13 Å². The smallest absolute Gasteiger partial charge is 0.335 e. The summed E-state index contributed by atoms with van der Waals surface area (Å²) in [7, 11) is 0. The summed E-state index contributed by atoms with van der Waals surface area (Å²) in [6.07, 6.45) is 1.58. The van der Waals surface area contributed by atoms with Crippen LogP contribution in [0.1, 0.15) is 21.7 Å². The lowest BCUT2D eigenvalue weighted by atomic mass is 10.0. The van der Waals surface area contributed by atoms with Crippen LogP contribution < -0.4 is 5.43 Å². The number of anilines is 1. The summed E-state index contributed by atoms with van der Waals surface area (Å²) >= 11 is 2.24. The monoisotopic (exact) mass is 446 g/mol. The van der Waals surface area contributed by atoms with Crippen molar-refractivity contribution in [3.05, 3.63) is 75.1 Å². The van der Waals surface area contributed by atoms with Crippen LogP contribution in [-0.4, -0.2) is 17.3 Å². The molecule has 0 unspecified atom stereocenters. The van der Waals surface area contributed by atoms with Gasteiger partial charge in [-0.2, -0.15) is 5.10 Å². The minimum atomic E-state index is -0.962. The molecule has 0 aliphatic heterocycles. The predicted octanol–water partition coefficient (Wildman–Crippen LogP) is 5.00. The third-order valence-electron chi connectivity index (χ3n) is 3.61. The van der Waals surface area contributed by atoms with Crippen molar-refractivity contribution in [1.82, 2.24) is 0 Å². The number of rotatable bonds is 5. The predicted molar refractivity (Wildman–Crippen MR) is 106 cm³/mol. The van der Waals surface area contributed by atoms with Gasteiger partial charge in [-0.3, -0.25) is 5.43 Å². The third-order valence-corrected chi connectivity index (χ3v) is 4.33. The van der Waals surface area contributed by atoms with Crippen molar-refractivity contribution in [1.29, 1.82) is 0 Å². The summed E-state index contributed by atoms with van der Waals surface area (Å²) in [6, 6.07) is 16.4. The SMILES string of the molecule is Cc1ccc(C(=O)O)cc1-c1ccc(/C=N/Nc2ccc(I)cc2)o1. The Labute approximate surface area is 158 Å². The summed E-state index contributed by atoms with van der Waals surface area (Å²) in [5.74, 6) is 0.223.